The molecule has 13 heavy (non-hydrogen) atoms. The van der Waals surface area contributed by atoms with Crippen molar-refractivity contribution in [1.29, 1.82) is 0 Å². The molecule has 0 bridgehead atoms. The molecule has 0 aliphatic heterocycles. The molecule has 3 nitrogen and oxygen atoms in total. The van der Waals surface area contributed by atoms with Crippen molar-refractivity contribution in [2.75, 3.05) is 6.54 Å². The molecule has 0 fully saturated rings. The fraction of sp³-hybridized carbons (Fsp3) is 1.00. The van der Waals surface area contributed by atoms with Crippen LogP contribution in [0, 0.1) is 10.8 Å². The summed E-state index contributed by atoms with van der Waals surface area (Å²) >= 11 is 0. The first-order valence-electron chi connectivity index (χ1n) is 4.97. The Morgan fingerprint density at radius 2 is 2.00 bits per heavy atom. The van der Waals surface area contributed by atoms with Crippen LogP contribution in [0.5, 0.6) is 0 Å². The first-order valence-corrected chi connectivity index (χ1v) is 4.97. The van der Waals surface area contributed by atoms with Gasteiger partial charge in [0, 0.05) is 0 Å². The lowest BCUT2D eigenvalue weighted by Crippen LogP contribution is -2.18. The van der Waals surface area contributed by atoms with Gasteiger partial charge in [-0.3, -0.25) is 0 Å². The third-order valence-electron chi connectivity index (χ3n) is 2.20. The van der Waals surface area contributed by atoms with Crippen LogP contribution >= 0.6 is 0 Å². The smallest absolute Gasteiger partial charge is 0.0813 e. The van der Waals surface area contributed by atoms with Crippen molar-refractivity contribution in [2.24, 2.45) is 11.1 Å². The van der Waals surface area contributed by atoms with Crippen molar-refractivity contribution in [3.05, 3.63) is 4.91 Å². The van der Waals surface area contributed by atoms with Crippen LogP contribution in [0.3, 0.4) is 0 Å². The predicted molar refractivity (Wildman–Crippen MR) is 54.6 cm³/mol. The third kappa shape index (κ3) is 9.47. The summed E-state index contributed by atoms with van der Waals surface area (Å²) in [7, 11) is 0. The van der Waals surface area contributed by atoms with Crippen LogP contribution in [-0.2, 0) is 0 Å². The second-order valence-corrected chi connectivity index (χ2v) is 4.45. The average molecular weight is 187 g/mol. The first kappa shape index (κ1) is 12.6. The normalized spacial score (nSPS) is 14.2. The van der Waals surface area contributed by atoms with Crippen molar-refractivity contribution in [3.63, 3.8) is 0 Å². The molecule has 0 heterocycles. The van der Waals surface area contributed by atoms with E-state index >= 15 is 0 Å². The van der Waals surface area contributed by atoms with Gasteiger partial charge in [0.1, 0.15) is 0 Å². The Bertz CT molecular complexity index is 140. The number of nitroso groups, excluding NO2 is 1. The number of nitrogens with zero attached hydrogens (tertiary/aromatic N) is 1. The number of hydrogen-bond acceptors (Lipinski definition) is 3. The van der Waals surface area contributed by atoms with Crippen LogP contribution in [0.25, 0.3) is 0 Å². The lowest BCUT2D eigenvalue weighted by molar-refractivity contribution is 0.0669. The Balaban J connectivity index is 3.36. The van der Waals surface area contributed by atoms with Gasteiger partial charge in [-0.25, -0.2) is 0 Å². The lowest BCUT2D eigenvalue weighted by Gasteiger charge is -2.17. The molecule has 0 spiro atoms. The van der Waals surface area contributed by atoms with E-state index in [0.717, 1.165) is 25.7 Å². The molecule has 0 rings (SSSR count). The monoisotopic (exact) mass is 187 g/mol. The summed E-state index contributed by atoms with van der Waals surface area (Å²) < 4.78 is 0. The summed E-state index contributed by atoms with van der Waals surface area (Å²) in [5, 5.41) is 12.3. The zero-order valence-corrected chi connectivity index (χ0v) is 8.92. The first-order chi connectivity index (χ1) is 5.95. The summed E-state index contributed by atoms with van der Waals surface area (Å²) in [5.74, 6) is 0.542. The van der Waals surface area contributed by atoms with E-state index < -0.39 is 5.60 Å². The van der Waals surface area contributed by atoms with Crippen molar-refractivity contribution in [3.8, 4) is 0 Å². The molecule has 0 saturated heterocycles. The Labute approximate surface area is 80.5 Å². The maximum Gasteiger partial charge on any atom is 0.0813 e. The highest BCUT2D eigenvalue weighted by Crippen LogP contribution is 2.17. The summed E-state index contributed by atoms with van der Waals surface area (Å²) in [6.07, 6.45) is 3.78. The van der Waals surface area contributed by atoms with Crippen molar-refractivity contribution in [2.45, 2.75) is 52.1 Å². The Morgan fingerprint density at radius 1 is 1.38 bits per heavy atom. The molecular formula is C10H21NO2. The van der Waals surface area contributed by atoms with Crippen LogP contribution in [0.1, 0.15) is 46.5 Å². The molecular weight excluding hydrogens is 166 g/mol. The molecule has 1 N–H and O–H groups in total. The van der Waals surface area contributed by atoms with Crippen molar-refractivity contribution in [1.82, 2.24) is 0 Å². The van der Waals surface area contributed by atoms with Gasteiger partial charge in [-0.05, 0) is 32.6 Å². The van der Waals surface area contributed by atoms with E-state index in [2.05, 4.69) is 12.1 Å². The second-order valence-electron chi connectivity index (χ2n) is 4.45. The minimum absolute atomic E-state index is 0.420. The van der Waals surface area contributed by atoms with Gasteiger partial charge in [0.05, 0.1) is 12.1 Å². The van der Waals surface area contributed by atoms with Crippen LogP contribution in [0.4, 0.5) is 0 Å². The van der Waals surface area contributed by atoms with E-state index in [0.29, 0.717) is 12.5 Å². The van der Waals surface area contributed by atoms with Crippen LogP contribution in [0.2, 0.25) is 0 Å². The van der Waals surface area contributed by atoms with Crippen LogP contribution < -0.4 is 0 Å². The molecule has 3 heteroatoms. The quantitative estimate of drug-likeness (QED) is 0.623. The van der Waals surface area contributed by atoms with E-state index in [-0.39, 0.29) is 0 Å². The van der Waals surface area contributed by atoms with Gasteiger partial charge < -0.3 is 5.11 Å². The second kappa shape index (κ2) is 6.08. The predicted octanol–water partition coefficient (Wildman–Crippen LogP) is 2.72. The Morgan fingerprint density at radius 3 is 2.46 bits per heavy atom. The third-order valence-corrected chi connectivity index (χ3v) is 2.20. The Hall–Kier alpha value is -0.440. The highest BCUT2D eigenvalue weighted by atomic mass is 16.3. The van der Waals surface area contributed by atoms with Gasteiger partial charge in [0.2, 0.25) is 0 Å². The fourth-order valence-electron chi connectivity index (χ4n) is 1.30. The molecule has 1 unspecified atom stereocenters. The summed E-state index contributed by atoms with van der Waals surface area (Å²) in [6, 6.07) is 0. The number of rotatable bonds is 7. The van der Waals surface area contributed by atoms with E-state index in [1.807, 2.05) is 13.8 Å². The molecule has 0 aliphatic carbocycles. The average Bonchev–Trinajstić information content (AvgIpc) is 1.98. The largest absolute Gasteiger partial charge is 0.390 e. The van der Waals surface area contributed by atoms with Crippen molar-refractivity contribution < 1.29 is 5.11 Å². The van der Waals surface area contributed by atoms with E-state index in [4.69, 9.17) is 0 Å². The maximum absolute atomic E-state index is 9.85. The van der Waals surface area contributed by atoms with Gasteiger partial charge in [-0.2, -0.15) is 4.91 Å². The highest BCUT2D eigenvalue weighted by Gasteiger charge is 2.12. The van der Waals surface area contributed by atoms with Gasteiger partial charge in [0.15, 0.2) is 0 Å². The van der Waals surface area contributed by atoms with Gasteiger partial charge in [-0.15, -0.1) is 0 Å². The zero-order valence-electron chi connectivity index (χ0n) is 8.92. The molecule has 0 aromatic heterocycles. The molecule has 0 radical (unpaired) electrons. The molecule has 0 aromatic carbocycles. The fourth-order valence-corrected chi connectivity index (χ4v) is 1.30. The van der Waals surface area contributed by atoms with Crippen LogP contribution in [0.15, 0.2) is 5.18 Å². The molecule has 78 valence electrons. The number of hydrogen-bond donors (Lipinski definition) is 1. The number of aliphatic hydroxyl groups is 1. The van der Waals surface area contributed by atoms with Gasteiger partial charge in [-0.1, -0.05) is 24.9 Å². The molecule has 0 aromatic rings. The lowest BCUT2D eigenvalue weighted by atomic mass is 9.95. The summed E-state index contributed by atoms with van der Waals surface area (Å²) in [5.41, 5.74) is -0.553. The zero-order chi connectivity index (χ0) is 10.3. The minimum Gasteiger partial charge on any atom is -0.390 e. The van der Waals surface area contributed by atoms with Gasteiger partial charge >= 0.3 is 0 Å². The van der Waals surface area contributed by atoms with E-state index in [1.54, 1.807) is 0 Å². The van der Waals surface area contributed by atoms with Crippen molar-refractivity contribution >= 4 is 0 Å². The highest BCUT2D eigenvalue weighted by molar-refractivity contribution is 4.66. The summed E-state index contributed by atoms with van der Waals surface area (Å²) in [4.78, 5) is 9.85. The standard InChI is InChI=1S/C10H21NO2/c1-9(6-8-11-13)5-4-7-10(2,3)12/h9,12H,4-8H2,1-3H3. The molecule has 0 aliphatic rings. The van der Waals surface area contributed by atoms with E-state index in [1.165, 1.54) is 0 Å². The van der Waals surface area contributed by atoms with E-state index in [9.17, 15) is 10.0 Å². The topological polar surface area (TPSA) is 49.7 Å². The summed E-state index contributed by atoms with van der Waals surface area (Å²) in [6.45, 7) is 6.19. The van der Waals surface area contributed by atoms with Gasteiger partial charge in [0.25, 0.3) is 0 Å². The molecule has 1 atom stereocenters. The SMILES string of the molecule is CC(CCCC(C)(C)O)CCN=O. The minimum atomic E-state index is -0.553. The maximum atomic E-state index is 9.85. The Kier molecular flexibility index (Phi) is 5.88. The molecule has 0 amide bonds. The van der Waals surface area contributed by atoms with Crippen LogP contribution in [-0.4, -0.2) is 17.3 Å². The molecule has 0 saturated carbocycles.